The first-order valence-corrected chi connectivity index (χ1v) is 8.75. The van der Waals surface area contributed by atoms with E-state index in [-0.39, 0.29) is 5.91 Å². The van der Waals surface area contributed by atoms with Crippen LogP contribution in [-0.4, -0.2) is 21.7 Å². The van der Waals surface area contributed by atoms with Gasteiger partial charge in [-0.3, -0.25) is 9.48 Å². The van der Waals surface area contributed by atoms with Crippen LogP contribution < -0.4 is 5.32 Å². The maximum atomic E-state index is 12.1. The van der Waals surface area contributed by atoms with Crippen molar-refractivity contribution in [3.63, 3.8) is 0 Å². The number of hydrogen-bond acceptors (Lipinski definition) is 2. The number of benzene rings is 1. The molecule has 0 spiro atoms. The van der Waals surface area contributed by atoms with Gasteiger partial charge in [-0.2, -0.15) is 5.10 Å². The molecule has 0 saturated heterocycles. The summed E-state index contributed by atoms with van der Waals surface area (Å²) in [5.74, 6) is 0.564. The molecule has 0 unspecified atom stereocenters. The smallest absolute Gasteiger partial charge is 0.244 e. The van der Waals surface area contributed by atoms with E-state index in [2.05, 4.69) is 29.5 Å². The highest BCUT2D eigenvalue weighted by Gasteiger charge is 2.21. The number of aromatic nitrogens is 2. The first kappa shape index (κ1) is 16.5. The van der Waals surface area contributed by atoms with E-state index in [1.54, 1.807) is 12.3 Å². The van der Waals surface area contributed by atoms with E-state index in [0.717, 1.165) is 18.5 Å². The summed E-state index contributed by atoms with van der Waals surface area (Å²) in [5, 5.41) is 7.48. The third-order valence-corrected chi connectivity index (χ3v) is 4.71. The second kappa shape index (κ2) is 7.95. The number of nitrogens with one attached hydrogen (secondary N) is 1. The molecule has 1 aromatic carbocycles. The Hall–Kier alpha value is -2.36. The minimum Gasteiger partial charge on any atom is -0.350 e. The summed E-state index contributed by atoms with van der Waals surface area (Å²) < 4.78 is 1.89. The molecule has 1 aliphatic rings. The van der Waals surface area contributed by atoms with Crippen LogP contribution in [0.25, 0.3) is 6.08 Å². The van der Waals surface area contributed by atoms with Gasteiger partial charge >= 0.3 is 0 Å². The van der Waals surface area contributed by atoms with E-state index >= 15 is 0 Å². The lowest BCUT2D eigenvalue weighted by atomic mass is 9.86. The highest BCUT2D eigenvalue weighted by atomic mass is 16.1. The predicted molar refractivity (Wildman–Crippen MR) is 96.4 cm³/mol. The molecule has 24 heavy (non-hydrogen) atoms. The van der Waals surface area contributed by atoms with Crippen molar-refractivity contribution in [3.8, 4) is 0 Å². The zero-order chi connectivity index (χ0) is 16.8. The van der Waals surface area contributed by atoms with Crippen LogP contribution in [0.3, 0.4) is 0 Å². The summed E-state index contributed by atoms with van der Waals surface area (Å²) in [4.78, 5) is 12.1. The van der Waals surface area contributed by atoms with Crippen molar-refractivity contribution in [1.82, 2.24) is 15.1 Å². The molecule has 0 aliphatic heterocycles. The van der Waals surface area contributed by atoms with E-state index < -0.39 is 0 Å². The molecular formula is C20H25N3O. The van der Waals surface area contributed by atoms with Gasteiger partial charge in [-0.1, -0.05) is 50.1 Å². The van der Waals surface area contributed by atoms with Crippen LogP contribution >= 0.6 is 0 Å². The van der Waals surface area contributed by atoms with Crippen molar-refractivity contribution in [2.45, 2.75) is 45.2 Å². The molecule has 4 nitrogen and oxygen atoms in total. The van der Waals surface area contributed by atoms with Gasteiger partial charge in [0.05, 0.1) is 12.7 Å². The van der Waals surface area contributed by atoms with Crippen LogP contribution in [0.2, 0.25) is 0 Å². The van der Waals surface area contributed by atoms with E-state index in [9.17, 15) is 4.79 Å². The van der Waals surface area contributed by atoms with Gasteiger partial charge in [0, 0.05) is 23.9 Å². The van der Waals surface area contributed by atoms with Crippen LogP contribution in [-0.2, 0) is 11.3 Å². The lowest BCUT2D eigenvalue weighted by Gasteiger charge is -2.29. The average molecular weight is 323 g/mol. The van der Waals surface area contributed by atoms with Crippen molar-refractivity contribution in [1.29, 1.82) is 0 Å². The van der Waals surface area contributed by atoms with Crippen LogP contribution in [0.1, 0.15) is 43.7 Å². The monoisotopic (exact) mass is 323 g/mol. The standard InChI is InChI=1S/C20H25N3O/c1-16-7-5-6-10-19(16)22-20(24)12-11-18-13-21-23(15-18)14-17-8-3-2-4-9-17/h2-4,8-9,11-13,15-16,19H,5-7,10,14H2,1H3,(H,22,24)/b12-11+/t16-,19-/m0/s1. The number of carbonyl (C=O) groups is 1. The van der Waals surface area contributed by atoms with Gasteiger partial charge in [-0.25, -0.2) is 0 Å². The number of rotatable bonds is 5. The van der Waals surface area contributed by atoms with Crippen molar-refractivity contribution < 1.29 is 4.79 Å². The molecular weight excluding hydrogens is 298 g/mol. The highest BCUT2D eigenvalue weighted by Crippen LogP contribution is 2.23. The Morgan fingerprint density at radius 3 is 2.88 bits per heavy atom. The molecule has 0 radical (unpaired) electrons. The fraction of sp³-hybridized carbons (Fsp3) is 0.400. The molecule has 3 rings (SSSR count). The molecule has 1 N–H and O–H groups in total. The summed E-state index contributed by atoms with van der Waals surface area (Å²) in [7, 11) is 0. The van der Waals surface area contributed by atoms with E-state index in [1.165, 1.54) is 24.8 Å². The molecule has 1 saturated carbocycles. The Kier molecular flexibility index (Phi) is 5.47. The summed E-state index contributed by atoms with van der Waals surface area (Å²) >= 11 is 0. The summed E-state index contributed by atoms with van der Waals surface area (Å²) in [6.07, 6.45) is 12.0. The van der Waals surface area contributed by atoms with E-state index in [0.29, 0.717) is 12.0 Å². The largest absolute Gasteiger partial charge is 0.350 e. The minimum absolute atomic E-state index is 0.00967. The molecule has 1 aromatic heterocycles. The Morgan fingerprint density at radius 1 is 1.29 bits per heavy atom. The van der Waals surface area contributed by atoms with Crippen molar-refractivity contribution >= 4 is 12.0 Å². The van der Waals surface area contributed by atoms with Crippen molar-refractivity contribution in [2.24, 2.45) is 5.92 Å². The van der Waals surface area contributed by atoms with Gasteiger partial charge in [-0.15, -0.1) is 0 Å². The van der Waals surface area contributed by atoms with Crippen molar-refractivity contribution in [3.05, 3.63) is 59.9 Å². The zero-order valence-electron chi connectivity index (χ0n) is 14.2. The quantitative estimate of drug-likeness (QED) is 0.854. The molecule has 2 aromatic rings. The number of amides is 1. The lowest BCUT2D eigenvalue weighted by Crippen LogP contribution is -2.40. The molecule has 0 bridgehead atoms. The van der Waals surface area contributed by atoms with Gasteiger partial charge in [0.15, 0.2) is 0 Å². The SMILES string of the molecule is C[C@H]1CCCC[C@@H]1NC(=O)/C=C/c1cnn(Cc2ccccc2)c1. The fourth-order valence-electron chi connectivity index (χ4n) is 3.26. The predicted octanol–water partition coefficient (Wildman–Crippen LogP) is 3.64. The lowest BCUT2D eigenvalue weighted by molar-refractivity contribution is -0.117. The summed E-state index contributed by atoms with van der Waals surface area (Å²) in [6.45, 7) is 2.96. The topological polar surface area (TPSA) is 46.9 Å². The second-order valence-electron chi connectivity index (χ2n) is 6.67. The van der Waals surface area contributed by atoms with Gasteiger partial charge < -0.3 is 5.32 Å². The third kappa shape index (κ3) is 4.57. The number of nitrogens with zero attached hydrogens (tertiary/aromatic N) is 2. The first-order valence-electron chi connectivity index (χ1n) is 8.75. The molecule has 1 aliphatic carbocycles. The van der Waals surface area contributed by atoms with Crippen molar-refractivity contribution in [2.75, 3.05) is 0 Å². The fourth-order valence-corrected chi connectivity index (χ4v) is 3.26. The molecule has 4 heteroatoms. The average Bonchev–Trinajstić information content (AvgIpc) is 3.03. The highest BCUT2D eigenvalue weighted by molar-refractivity contribution is 5.91. The summed E-state index contributed by atoms with van der Waals surface area (Å²) in [6, 6.07) is 10.5. The zero-order valence-corrected chi connectivity index (χ0v) is 14.2. The maximum Gasteiger partial charge on any atom is 0.244 e. The van der Waals surface area contributed by atoms with E-state index in [4.69, 9.17) is 0 Å². The minimum atomic E-state index is -0.00967. The summed E-state index contributed by atoms with van der Waals surface area (Å²) in [5.41, 5.74) is 2.15. The van der Waals surface area contributed by atoms with Crippen LogP contribution in [0, 0.1) is 5.92 Å². The Morgan fingerprint density at radius 2 is 2.08 bits per heavy atom. The first-order chi connectivity index (χ1) is 11.7. The van der Waals surface area contributed by atoms with Gasteiger partial charge in [0.1, 0.15) is 0 Å². The number of hydrogen-bond donors (Lipinski definition) is 1. The molecule has 1 amide bonds. The van der Waals surface area contributed by atoms with E-state index in [1.807, 2.05) is 35.2 Å². The van der Waals surface area contributed by atoms with Gasteiger partial charge in [0.25, 0.3) is 0 Å². The Labute approximate surface area is 143 Å². The number of carbonyl (C=O) groups excluding carboxylic acids is 1. The van der Waals surface area contributed by atoms with Crippen LogP contribution in [0.5, 0.6) is 0 Å². The van der Waals surface area contributed by atoms with Gasteiger partial charge in [-0.05, 0) is 30.4 Å². The van der Waals surface area contributed by atoms with Gasteiger partial charge in [0.2, 0.25) is 5.91 Å². The third-order valence-electron chi connectivity index (χ3n) is 4.71. The van der Waals surface area contributed by atoms with Crippen LogP contribution in [0.15, 0.2) is 48.8 Å². The second-order valence-corrected chi connectivity index (χ2v) is 6.67. The molecule has 1 fully saturated rings. The maximum absolute atomic E-state index is 12.1. The molecule has 2 atom stereocenters. The normalized spacial score (nSPS) is 21.0. The Balaban J connectivity index is 1.53. The molecule has 1 heterocycles. The molecule has 126 valence electrons. The van der Waals surface area contributed by atoms with Crippen LogP contribution in [0.4, 0.5) is 0 Å². The Bertz CT molecular complexity index is 690.